The first-order valence-corrected chi connectivity index (χ1v) is 10.1. The number of sulfonamides is 1. The molecule has 0 spiro atoms. The molecular weight excluding hydrogens is 356 g/mol. The fourth-order valence-electron chi connectivity index (χ4n) is 2.93. The van der Waals surface area contributed by atoms with Crippen LogP contribution in [0.25, 0.3) is 6.08 Å². The molecule has 2 aromatic carbocycles. The van der Waals surface area contributed by atoms with Crippen LogP contribution in [0.3, 0.4) is 0 Å². The molecule has 132 valence electrons. The molecule has 2 aromatic rings. The van der Waals surface area contributed by atoms with Crippen molar-refractivity contribution in [2.75, 3.05) is 31.1 Å². The van der Waals surface area contributed by atoms with Crippen molar-refractivity contribution in [3.8, 4) is 0 Å². The molecule has 0 N–H and O–H groups in total. The first kappa shape index (κ1) is 18.0. The summed E-state index contributed by atoms with van der Waals surface area (Å²) in [6.45, 7) is 4.44. The Morgan fingerprint density at radius 3 is 2.24 bits per heavy atom. The van der Waals surface area contributed by atoms with Crippen LogP contribution in [0.15, 0.2) is 53.9 Å². The van der Waals surface area contributed by atoms with Crippen LogP contribution in [-0.4, -0.2) is 38.9 Å². The van der Waals surface area contributed by atoms with Gasteiger partial charge in [-0.1, -0.05) is 41.9 Å². The van der Waals surface area contributed by atoms with Crippen molar-refractivity contribution in [2.24, 2.45) is 0 Å². The molecule has 0 atom stereocenters. The largest absolute Gasteiger partial charge is 0.369 e. The van der Waals surface area contributed by atoms with Crippen LogP contribution in [0.2, 0.25) is 5.02 Å². The fourth-order valence-corrected chi connectivity index (χ4v) is 4.23. The summed E-state index contributed by atoms with van der Waals surface area (Å²) < 4.78 is 26.6. The first-order chi connectivity index (χ1) is 12.0. The summed E-state index contributed by atoms with van der Waals surface area (Å²) >= 11 is 5.84. The van der Waals surface area contributed by atoms with Gasteiger partial charge >= 0.3 is 0 Å². The SMILES string of the molecule is Cc1ccccc1N1CCN(S(=O)(=O)/C=C/c2ccc(Cl)cc2)CC1. The standard InChI is InChI=1S/C19H21ClN2O2S/c1-16-4-2-3-5-19(16)21-11-13-22(14-12-21)25(23,24)15-10-17-6-8-18(20)9-7-17/h2-10,15H,11-14H2,1H3/b15-10+. The quantitative estimate of drug-likeness (QED) is 0.815. The average molecular weight is 377 g/mol. The van der Waals surface area contributed by atoms with Crippen LogP contribution in [0.5, 0.6) is 0 Å². The van der Waals surface area contributed by atoms with Gasteiger partial charge in [-0.05, 0) is 42.3 Å². The first-order valence-electron chi connectivity index (χ1n) is 8.20. The summed E-state index contributed by atoms with van der Waals surface area (Å²) in [5.74, 6) is 0. The van der Waals surface area contributed by atoms with Gasteiger partial charge in [-0.3, -0.25) is 0 Å². The molecular formula is C19H21ClN2O2S. The lowest BCUT2D eigenvalue weighted by atomic mass is 10.1. The van der Waals surface area contributed by atoms with Crippen LogP contribution in [0.4, 0.5) is 5.69 Å². The lowest BCUT2D eigenvalue weighted by Crippen LogP contribution is -2.48. The Labute approximate surface area is 154 Å². The third kappa shape index (κ3) is 4.42. The lowest BCUT2D eigenvalue weighted by Gasteiger charge is -2.35. The predicted molar refractivity (Wildman–Crippen MR) is 104 cm³/mol. The van der Waals surface area contributed by atoms with Crippen LogP contribution >= 0.6 is 11.6 Å². The molecule has 4 nitrogen and oxygen atoms in total. The third-order valence-electron chi connectivity index (χ3n) is 4.36. The van der Waals surface area contributed by atoms with Gasteiger partial charge in [0.25, 0.3) is 0 Å². The van der Waals surface area contributed by atoms with Gasteiger partial charge in [0.1, 0.15) is 0 Å². The van der Waals surface area contributed by atoms with Crippen LogP contribution in [0.1, 0.15) is 11.1 Å². The Bertz CT molecular complexity index is 855. The van der Waals surface area contributed by atoms with E-state index in [4.69, 9.17) is 11.6 Å². The summed E-state index contributed by atoms with van der Waals surface area (Å²) in [5.41, 5.74) is 3.20. The van der Waals surface area contributed by atoms with E-state index in [-0.39, 0.29) is 0 Å². The zero-order chi connectivity index (χ0) is 17.9. The Kier molecular flexibility index (Phi) is 5.47. The fraction of sp³-hybridized carbons (Fsp3) is 0.263. The van der Waals surface area contributed by atoms with Crippen molar-refractivity contribution in [2.45, 2.75) is 6.92 Å². The van der Waals surface area contributed by atoms with E-state index in [1.165, 1.54) is 21.0 Å². The number of hydrogen-bond acceptors (Lipinski definition) is 3. The number of para-hydroxylation sites is 1. The van der Waals surface area contributed by atoms with Gasteiger partial charge in [0.2, 0.25) is 10.0 Å². The van der Waals surface area contributed by atoms with Crippen molar-refractivity contribution in [3.05, 3.63) is 70.1 Å². The number of nitrogens with zero attached hydrogens (tertiary/aromatic N) is 2. The topological polar surface area (TPSA) is 40.6 Å². The molecule has 0 saturated carbocycles. The summed E-state index contributed by atoms with van der Waals surface area (Å²) in [4.78, 5) is 2.24. The van der Waals surface area contributed by atoms with Gasteiger partial charge in [-0.15, -0.1) is 0 Å². The number of piperazine rings is 1. The highest BCUT2D eigenvalue weighted by molar-refractivity contribution is 7.92. The number of aryl methyl sites for hydroxylation is 1. The second-order valence-corrected chi connectivity index (χ2v) is 8.33. The molecule has 6 heteroatoms. The number of benzene rings is 2. The molecule has 1 heterocycles. The molecule has 0 aliphatic carbocycles. The monoisotopic (exact) mass is 376 g/mol. The molecule has 0 radical (unpaired) electrons. The Morgan fingerprint density at radius 2 is 1.60 bits per heavy atom. The van der Waals surface area contributed by atoms with E-state index in [0.717, 1.165) is 5.56 Å². The van der Waals surface area contributed by atoms with Gasteiger partial charge in [-0.25, -0.2) is 8.42 Å². The van der Waals surface area contributed by atoms with Crippen LogP contribution < -0.4 is 4.90 Å². The van der Waals surface area contributed by atoms with E-state index in [1.807, 2.05) is 12.1 Å². The summed E-state index contributed by atoms with van der Waals surface area (Å²) in [7, 11) is -3.41. The maximum Gasteiger partial charge on any atom is 0.236 e. The highest BCUT2D eigenvalue weighted by Crippen LogP contribution is 2.22. The smallest absolute Gasteiger partial charge is 0.236 e. The van der Waals surface area contributed by atoms with Gasteiger partial charge in [-0.2, -0.15) is 4.31 Å². The van der Waals surface area contributed by atoms with Crippen molar-refractivity contribution in [1.82, 2.24) is 4.31 Å². The molecule has 0 bridgehead atoms. The molecule has 1 aliphatic rings. The van der Waals surface area contributed by atoms with Crippen molar-refractivity contribution in [3.63, 3.8) is 0 Å². The van der Waals surface area contributed by atoms with Gasteiger partial charge in [0, 0.05) is 42.3 Å². The maximum atomic E-state index is 12.5. The summed E-state index contributed by atoms with van der Waals surface area (Å²) in [6, 6.07) is 15.3. The Balaban J connectivity index is 1.65. The highest BCUT2D eigenvalue weighted by Gasteiger charge is 2.25. The van der Waals surface area contributed by atoms with E-state index >= 15 is 0 Å². The van der Waals surface area contributed by atoms with E-state index < -0.39 is 10.0 Å². The number of hydrogen-bond donors (Lipinski definition) is 0. The van der Waals surface area contributed by atoms with E-state index in [2.05, 4.69) is 24.0 Å². The molecule has 1 aliphatic heterocycles. The molecule has 0 aromatic heterocycles. The van der Waals surface area contributed by atoms with Crippen LogP contribution in [-0.2, 0) is 10.0 Å². The van der Waals surface area contributed by atoms with Crippen molar-refractivity contribution in [1.29, 1.82) is 0 Å². The predicted octanol–water partition coefficient (Wildman–Crippen LogP) is 3.77. The minimum absolute atomic E-state index is 0.488. The van der Waals surface area contributed by atoms with Gasteiger partial charge in [0.15, 0.2) is 0 Å². The van der Waals surface area contributed by atoms with Gasteiger partial charge in [0.05, 0.1) is 0 Å². The molecule has 1 saturated heterocycles. The van der Waals surface area contributed by atoms with Crippen LogP contribution in [0, 0.1) is 6.92 Å². The number of halogens is 1. The Morgan fingerprint density at radius 1 is 0.960 bits per heavy atom. The second kappa shape index (κ2) is 7.60. The van der Waals surface area contributed by atoms with Crippen molar-refractivity contribution < 1.29 is 8.42 Å². The lowest BCUT2D eigenvalue weighted by molar-refractivity contribution is 0.390. The zero-order valence-corrected chi connectivity index (χ0v) is 15.7. The number of anilines is 1. The second-order valence-electron chi connectivity index (χ2n) is 6.07. The molecule has 25 heavy (non-hydrogen) atoms. The normalized spacial score (nSPS) is 16.5. The Hall–Kier alpha value is -1.82. The maximum absolute atomic E-state index is 12.5. The molecule has 1 fully saturated rings. The van der Waals surface area contributed by atoms with E-state index in [1.54, 1.807) is 30.3 Å². The van der Waals surface area contributed by atoms with E-state index in [0.29, 0.717) is 31.2 Å². The third-order valence-corrected chi connectivity index (χ3v) is 6.17. The highest BCUT2D eigenvalue weighted by atomic mass is 35.5. The number of rotatable bonds is 4. The van der Waals surface area contributed by atoms with Gasteiger partial charge < -0.3 is 4.90 Å². The minimum atomic E-state index is -3.41. The van der Waals surface area contributed by atoms with E-state index in [9.17, 15) is 8.42 Å². The minimum Gasteiger partial charge on any atom is -0.369 e. The summed E-state index contributed by atoms with van der Waals surface area (Å²) in [6.07, 6.45) is 1.61. The average Bonchev–Trinajstić information content (AvgIpc) is 2.62. The zero-order valence-electron chi connectivity index (χ0n) is 14.1. The summed E-state index contributed by atoms with van der Waals surface area (Å²) in [5, 5.41) is 1.91. The molecule has 0 amide bonds. The molecule has 3 rings (SSSR count). The van der Waals surface area contributed by atoms with Crippen molar-refractivity contribution >= 4 is 33.4 Å². The molecule has 0 unspecified atom stereocenters.